The standard InChI is InChI=1S/C10H17N3O2/c1-4-10(2,7-14)11-9(15)8-5-6-13(3)12-8/h5-6,14H,4,7H2,1-3H3,(H,11,15). The first kappa shape index (κ1) is 11.7. The highest BCUT2D eigenvalue weighted by molar-refractivity contribution is 5.92. The predicted octanol–water partition coefficient (Wildman–Crippen LogP) is 0.311. The summed E-state index contributed by atoms with van der Waals surface area (Å²) >= 11 is 0. The van der Waals surface area contributed by atoms with Gasteiger partial charge < -0.3 is 10.4 Å². The minimum atomic E-state index is -0.575. The Balaban J connectivity index is 2.71. The van der Waals surface area contributed by atoms with E-state index in [1.54, 1.807) is 30.9 Å². The van der Waals surface area contributed by atoms with Crippen molar-refractivity contribution < 1.29 is 9.90 Å². The summed E-state index contributed by atoms with van der Waals surface area (Å²) in [6.07, 6.45) is 2.37. The second kappa shape index (κ2) is 4.44. The van der Waals surface area contributed by atoms with Gasteiger partial charge in [-0.2, -0.15) is 5.10 Å². The molecule has 0 fully saturated rings. The van der Waals surface area contributed by atoms with Gasteiger partial charge in [0.1, 0.15) is 5.69 Å². The van der Waals surface area contributed by atoms with Crippen LogP contribution in [0.15, 0.2) is 12.3 Å². The molecule has 0 radical (unpaired) electrons. The van der Waals surface area contributed by atoms with Crippen LogP contribution in [-0.2, 0) is 7.05 Å². The summed E-state index contributed by atoms with van der Waals surface area (Å²) in [5, 5.41) is 15.9. The Labute approximate surface area is 89.1 Å². The average Bonchev–Trinajstić information content (AvgIpc) is 2.65. The molecule has 5 nitrogen and oxygen atoms in total. The number of nitrogens with one attached hydrogen (secondary N) is 1. The van der Waals surface area contributed by atoms with Crippen LogP contribution in [0.2, 0.25) is 0 Å². The minimum Gasteiger partial charge on any atom is -0.394 e. The Morgan fingerprint density at radius 1 is 1.73 bits per heavy atom. The molecule has 0 aromatic carbocycles. The van der Waals surface area contributed by atoms with E-state index < -0.39 is 5.54 Å². The van der Waals surface area contributed by atoms with Crippen molar-refractivity contribution in [3.8, 4) is 0 Å². The van der Waals surface area contributed by atoms with Crippen molar-refractivity contribution in [2.45, 2.75) is 25.8 Å². The highest BCUT2D eigenvalue weighted by Gasteiger charge is 2.24. The first-order valence-corrected chi connectivity index (χ1v) is 4.94. The van der Waals surface area contributed by atoms with Crippen LogP contribution in [-0.4, -0.2) is 32.9 Å². The first-order valence-electron chi connectivity index (χ1n) is 4.94. The fourth-order valence-electron chi connectivity index (χ4n) is 1.11. The van der Waals surface area contributed by atoms with Crippen molar-refractivity contribution in [3.63, 3.8) is 0 Å². The molecule has 1 unspecified atom stereocenters. The monoisotopic (exact) mass is 211 g/mol. The van der Waals surface area contributed by atoms with E-state index in [-0.39, 0.29) is 12.5 Å². The molecule has 5 heteroatoms. The van der Waals surface area contributed by atoms with Gasteiger partial charge in [0.25, 0.3) is 5.91 Å². The van der Waals surface area contributed by atoms with Crippen molar-refractivity contribution in [3.05, 3.63) is 18.0 Å². The zero-order valence-electron chi connectivity index (χ0n) is 9.32. The number of carbonyl (C=O) groups excluding carboxylic acids is 1. The van der Waals surface area contributed by atoms with Gasteiger partial charge in [0.05, 0.1) is 12.1 Å². The maximum Gasteiger partial charge on any atom is 0.272 e. The fraction of sp³-hybridized carbons (Fsp3) is 0.600. The van der Waals surface area contributed by atoms with E-state index in [4.69, 9.17) is 5.11 Å². The number of carbonyl (C=O) groups is 1. The van der Waals surface area contributed by atoms with Crippen LogP contribution in [0, 0.1) is 0 Å². The first-order chi connectivity index (χ1) is 7.00. The van der Waals surface area contributed by atoms with Crippen LogP contribution in [0.3, 0.4) is 0 Å². The lowest BCUT2D eigenvalue weighted by Crippen LogP contribution is -2.48. The smallest absolute Gasteiger partial charge is 0.272 e. The van der Waals surface area contributed by atoms with Crippen molar-refractivity contribution in [2.24, 2.45) is 7.05 Å². The lowest BCUT2D eigenvalue weighted by atomic mass is 10.0. The van der Waals surface area contributed by atoms with Crippen molar-refractivity contribution in [1.82, 2.24) is 15.1 Å². The number of aliphatic hydroxyl groups is 1. The molecule has 1 amide bonds. The van der Waals surface area contributed by atoms with Crippen molar-refractivity contribution in [2.75, 3.05) is 6.61 Å². The molecule has 1 heterocycles. The molecule has 0 saturated carbocycles. The Kier molecular flexibility index (Phi) is 3.47. The third-order valence-corrected chi connectivity index (χ3v) is 2.49. The Bertz CT molecular complexity index is 342. The number of rotatable bonds is 4. The summed E-state index contributed by atoms with van der Waals surface area (Å²) in [5.41, 5.74) is -0.208. The summed E-state index contributed by atoms with van der Waals surface area (Å²) in [6, 6.07) is 1.64. The van der Waals surface area contributed by atoms with Crippen molar-refractivity contribution >= 4 is 5.91 Å². The summed E-state index contributed by atoms with van der Waals surface area (Å²) in [5.74, 6) is -0.256. The van der Waals surface area contributed by atoms with Gasteiger partial charge in [0, 0.05) is 13.2 Å². The van der Waals surface area contributed by atoms with E-state index >= 15 is 0 Å². The number of amides is 1. The number of hydrogen-bond acceptors (Lipinski definition) is 3. The maximum atomic E-state index is 11.7. The second-order valence-electron chi connectivity index (χ2n) is 3.90. The number of aromatic nitrogens is 2. The van der Waals surface area contributed by atoms with Gasteiger partial charge in [-0.1, -0.05) is 6.92 Å². The molecule has 0 spiro atoms. The van der Waals surface area contributed by atoms with Crippen LogP contribution in [0.4, 0.5) is 0 Å². The molecule has 1 atom stereocenters. The number of nitrogens with zero attached hydrogens (tertiary/aromatic N) is 2. The molecule has 0 aliphatic rings. The summed E-state index contributed by atoms with van der Waals surface area (Å²) in [6.45, 7) is 3.63. The van der Waals surface area contributed by atoms with Gasteiger partial charge in [0.15, 0.2) is 0 Å². The molecule has 0 aliphatic carbocycles. The molecule has 1 rings (SSSR count). The van der Waals surface area contributed by atoms with E-state index in [2.05, 4.69) is 10.4 Å². The zero-order chi connectivity index (χ0) is 11.5. The van der Waals surface area contributed by atoms with E-state index in [1.165, 1.54) is 0 Å². The molecule has 1 aromatic rings. The van der Waals surface area contributed by atoms with Crippen LogP contribution in [0.1, 0.15) is 30.8 Å². The molecule has 84 valence electrons. The molecule has 15 heavy (non-hydrogen) atoms. The molecule has 2 N–H and O–H groups in total. The van der Waals surface area contributed by atoms with Crippen LogP contribution < -0.4 is 5.32 Å². The highest BCUT2D eigenvalue weighted by Crippen LogP contribution is 2.08. The van der Waals surface area contributed by atoms with Gasteiger partial charge in [-0.05, 0) is 19.4 Å². The quantitative estimate of drug-likeness (QED) is 0.753. The largest absolute Gasteiger partial charge is 0.394 e. The number of aryl methyl sites for hydroxylation is 1. The van der Waals surface area contributed by atoms with Crippen LogP contribution in [0.5, 0.6) is 0 Å². The lowest BCUT2D eigenvalue weighted by Gasteiger charge is -2.26. The number of hydrogen-bond donors (Lipinski definition) is 2. The Morgan fingerprint density at radius 3 is 2.80 bits per heavy atom. The van der Waals surface area contributed by atoms with Crippen LogP contribution >= 0.6 is 0 Å². The second-order valence-corrected chi connectivity index (χ2v) is 3.90. The van der Waals surface area contributed by atoms with Gasteiger partial charge in [-0.25, -0.2) is 0 Å². The van der Waals surface area contributed by atoms with E-state index in [0.717, 1.165) is 0 Å². The van der Waals surface area contributed by atoms with Gasteiger partial charge in [-0.15, -0.1) is 0 Å². The number of aliphatic hydroxyl groups excluding tert-OH is 1. The van der Waals surface area contributed by atoms with Gasteiger partial charge >= 0.3 is 0 Å². The van der Waals surface area contributed by atoms with E-state index in [0.29, 0.717) is 12.1 Å². The van der Waals surface area contributed by atoms with Gasteiger partial charge in [0.2, 0.25) is 0 Å². The van der Waals surface area contributed by atoms with E-state index in [1.807, 2.05) is 6.92 Å². The summed E-state index contributed by atoms with van der Waals surface area (Å²) in [4.78, 5) is 11.7. The van der Waals surface area contributed by atoms with Gasteiger partial charge in [-0.3, -0.25) is 9.48 Å². The molecular formula is C10H17N3O2. The highest BCUT2D eigenvalue weighted by atomic mass is 16.3. The zero-order valence-corrected chi connectivity index (χ0v) is 9.32. The fourth-order valence-corrected chi connectivity index (χ4v) is 1.11. The predicted molar refractivity (Wildman–Crippen MR) is 56.5 cm³/mol. The third kappa shape index (κ3) is 2.79. The molecule has 1 aromatic heterocycles. The Hall–Kier alpha value is -1.36. The molecular weight excluding hydrogens is 194 g/mol. The third-order valence-electron chi connectivity index (χ3n) is 2.49. The minimum absolute atomic E-state index is 0.0813. The van der Waals surface area contributed by atoms with E-state index in [9.17, 15) is 4.79 Å². The lowest BCUT2D eigenvalue weighted by molar-refractivity contribution is 0.0841. The topological polar surface area (TPSA) is 67.2 Å². The normalized spacial score (nSPS) is 14.7. The molecule has 0 bridgehead atoms. The average molecular weight is 211 g/mol. The maximum absolute atomic E-state index is 11.7. The van der Waals surface area contributed by atoms with Crippen LogP contribution in [0.25, 0.3) is 0 Å². The SMILES string of the molecule is CCC(C)(CO)NC(=O)c1ccn(C)n1. The van der Waals surface area contributed by atoms with Crippen molar-refractivity contribution in [1.29, 1.82) is 0 Å². The molecule has 0 saturated heterocycles. The summed E-state index contributed by atoms with van der Waals surface area (Å²) in [7, 11) is 1.75. The molecule has 0 aliphatic heterocycles. The summed E-state index contributed by atoms with van der Waals surface area (Å²) < 4.78 is 1.57. The Morgan fingerprint density at radius 2 is 2.40 bits per heavy atom.